The average molecular weight is 243 g/mol. The lowest BCUT2D eigenvalue weighted by Crippen LogP contribution is -2.48. The van der Waals surface area contributed by atoms with E-state index in [9.17, 15) is 14.7 Å². The monoisotopic (exact) mass is 243 g/mol. The molecule has 1 aliphatic rings. The zero-order chi connectivity index (χ0) is 12.8. The Kier molecular flexibility index (Phi) is 4.96. The molecule has 1 amide bonds. The molecule has 3 N–H and O–H groups in total. The molecule has 0 aromatic carbocycles. The van der Waals surface area contributed by atoms with E-state index in [0.29, 0.717) is 12.8 Å². The van der Waals surface area contributed by atoms with Gasteiger partial charge in [-0.1, -0.05) is 12.7 Å². The Balaban J connectivity index is 2.46. The molecule has 0 radical (unpaired) electrons. The molecule has 96 valence electrons. The Morgan fingerprint density at radius 2 is 2.18 bits per heavy atom. The van der Waals surface area contributed by atoms with Gasteiger partial charge in [0.15, 0.2) is 0 Å². The van der Waals surface area contributed by atoms with Gasteiger partial charge >= 0.3 is 12.1 Å². The van der Waals surface area contributed by atoms with E-state index in [1.807, 2.05) is 0 Å². The summed E-state index contributed by atoms with van der Waals surface area (Å²) < 4.78 is 4.71. The smallest absolute Gasteiger partial charge is 0.407 e. The summed E-state index contributed by atoms with van der Waals surface area (Å²) >= 11 is 0. The van der Waals surface area contributed by atoms with Crippen LogP contribution in [0.25, 0.3) is 0 Å². The molecular weight excluding hydrogens is 226 g/mol. The van der Waals surface area contributed by atoms with E-state index in [-0.39, 0.29) is 13.0 Å². The predicted octanol–water partition coefficient (Wildman–Crippen LogP) is 0.513. The molecule has 0 aromatic rings. The molecule has 3 atom stereocenters. The third-order valence-corrected chi connectivity index (χ3v) is 2.80. The van der Waals surface area contributed by atoms with Crippen molar-refractivity contribution >= 4 is 12.1 Å². The summed E-state index contributed by atoms with van der Waals surface area (Å²) in [5, 5.41) is 21.0. The number of amides is 1. The van der Waals surface area contributed by atoms with Crippen LogP contribution in [0.4, 0.5) is 4.79 Å². The van der Waals surface area contributed by atoms with E-state index < -0.39 is 30.1 Å². The van der Waals surface area contributed by atoms with Gasteiger partial charge in [0, 0.05) is 0 Å². The molecule has 0 saturated heterocycles. The summed E-state index contributed by atoms with van der Waals surface area (Å²) in [4.78, 5) is 22.1. The molecule has 0 heterocycles. The summed E-state index contributed by atoms with van der Waals surface area (Å²) in [7, 11) is 0. The van der Waals surface area contributed by atoms with Crippen LogP contribution < -0.4 is 5.32 Å². The zero-order valence-corrected chi connectivity index (χ0v) is 9.46. The number of hydrogen-bond donors (Lipinski definition) is 3. The number of aliphatic hydroxyl groups is 1. The number of carbonyl (C=O) groups excluding carboxylic acids is 1. The quantitative estimate of drug-likeness (QED) is 0.625. The highest BCUT2D eigenvalue weighted by molar-refractivity contribution is 5.71. The Hall–Kier alpha value is -1.56. The van der Waals surface area contributed by atoms with E-state index in [1.165, 1.54) is 6.08 Å². The molecule has 1 rings (SSSR count). The normalized spacial score (nSPS) is 28.2. The maximum absolute atomic E-state index is 11.3. The van der Waals surface area contributed by atoms with Gasteiger partial charge in [0.05, 0.1) is 18.1 Å². The third kappa shape index (κ3) is 4.07. The minimum atomic E-state index is -0.900. The Bertz CT molecular complexity index is 304. The second-order valence-corrected chi connectivity index (χ2v) is 4.05. The van der Waals surface area contributed by atoms with Crippen LogP contribution in [0.15, 0.2) is 12.7 Å². The number of nitrogens with one attached hydrogen (secondary N) is 1. The van der Waals surface area contributed by atoms with Crippen molar-refractivity contribution in [2.75, 3.05) is 6.61 Å². The third-order valence-electron chi connectivity index (χ3n) is 2.80. The van der Waals surface area contributed by atoms with E-state index in [0.717, 1.165) is 0 Å². The van der Waals surface area contributed by atoms with Crippen LogP contribution in [0.1, 0.15) is 19.3 Å². The lowest BCUT2D eigenvalue weighted by Gasteiger charge is -2.31. The van der Waals surface area contributed by atoms with Gasteiger partial charge in [0.25, 0.3) is 0 Å². The highest BCUT2D eigenvalue weighted by Crippen LogP contribution is 2.25. The van der Waals surface area contributed by atoms with Gasteiger partial charge in [-0.25, -0.2) is 4.79 Å². The van der Waals surface area contributed by atoms with Crippen molar-refractivity contribution in [2.45, 2.75) is 31.4 Å². The van der Waals surface area contributed by atoms with E-state index in [4.69, 9.17) is 9.84 Å². The Morgan fingerprint density at radius 3 is 2.76 bits per heavy atom. The summed E-state index contributed by atoms with van der Waals surface area (Å²) in [5.74, 6) is -1.42. The highest BCUT2D eigenvalue weighted by Gasteiger charge is 2.33. The van der Waals surface area contributed by atoms with E-state index in [2.05, 4.69) is 11.9 Å². The molecule has 3 unspecified atom stereocenters. The van der Waals surface area contributed by atoms with E-state index in [1.54, 1.807) is 0 Å². The number of aliphatic carboxylic acids is 1. The van der Waals surface area contributed by atoms with Crippen molar-refractivity contribution in [3.63, 3.8) is 0 Å². The molecule has 0 bridgehead atoms. The average Bonchev–Trinajstić information content (AvgIpc) is 2.29. The van der Waals surface area contributed by atoms with Crippen molar-refractivity contribution < 1.29 is 24.5 Å². The molecule has 1 saturated carbocycles. The van der Waals surface area contributed by atoms with Gasteiger partial charge in [-0.15, -0.1) is 0 Å². The molecule has 0 aliphatic heterocycles. The number of aliphatic hydroxyl groups excluding tert-OH is 1. The van der Waals surface area contributed by atoms with Crippen molar-refractivity contribution in [2.24, 2.45) is 5.92 Å². The minimum absolute atomic E-state index is 0.0804. The van der Waals surface area contributed by atoms with Gasteiger partial charge in [-0.3, -0.25) is 4.79 Å². The number of rotatable bonds is 4. The lowest BCUT2D eigenvalue weighted by atomic mass is 9.84. The lowest BCUT2D eigenvalue weighted by molar-refractivity contribution is -0.143. The van der Waals surface area contributed by atoms with Crippen LogP contribution in [-0.2, 0) is 9.53 Å². The molecule has 1 fully saturated rings. The number of hydrogen-bond acceptors (Lipinski definition) is 4. The van der Waals surface area contributed by atoms with Crippen LogP contribution in [0, 0.1) is 5.92 Å². The van der Waals surface area contributed by atoms with Gasteiger partial charge in [0.1, 0.15) is 6.61 Å². The first kappa shape index (κ1) is 13.5. The first-order chi connectivity index (χ1) is 8.04. The number of ether oxygens (including phenoxy) is 1. The van der Waals surface area contributed by atoms with Gasteiger partial charge in [-0.2, -0.15) is 0 Å². The van der Waals surface area contributed by atoms with Crippen molar-refractivity contribution in [1.82, 2.24) is 5.32 Å². The molecule has 6 heteroatoms. The van der Waals surface area contributed by atoms with Crippen molar-refractivity contribution in [3.8, 4) is 0 Å². The van der Waals surface area contributed by atoms with Crippen LogP contribution in [0.2, 0.25) is 0 Å². The number of carboxylic acid groups (broad SMARTS) is 1. The fourth-order valence-electron chi connectivity index (χ4n) is 1.86. The van der Waals surface area contributed by atoms with Crippen molar-refractivity contribution in [1.29, 1.82) is 0 Å². The second-order valence-electron chi connectivity index (χ2n) is 4.05. The van der Waals surface area contributed by atoms with Crippen LogP contribution in [-0.4, -0.2) is 41.0 Å². The first-order valence-corrected chi connectivity index (χ1v) is 5.49. The largest absolute Gasteiger partial charge is 0.481 e. The zero-order valence-electron chi connectivity index (χ0n) is 9.46. The van der Waals surface area contributed by atoms with Crippen LogP contribution in [0.5, 0.6) is 0 Å². The SMILES string of the molecule is C=CCOC(=O)NC1CC(C(=O)O)CCC1O. The molecule has 17 heavy (non-hydrogen) atoms. The number of carbonyl (C=O) groups is 2. The summed E-state index contributed by atoms with van der Waals surface area (Å²) in [5.41, 5.74) is 0. The van der Waals surface area contributed by atoms with Gasteiger partial charge in [0.2, 0.25) is 0 Å². The maximum Gasteiger partial charge on any atom is 0.407 e. The van der Waals surface area contributed by atoms with Gasteiger partial charge < -0.3 is 20.3 Å². The molecule has 6 nitrogen and oxygen atoms in total. The molecule has 1 aliphatic carbocycles. The first-order valence-electron chi connectivity index (χ1n) is 5.49. The summed E-state index contributed by atoms with van der Waals surface area (Å²) in [6.45, 7) is 3.48. The fraction of sp³-hybridized carbons (Fsp3) is 0.636. The number of carboxylic acids is 1. The summed E-state index contributed by atoms with van der Waals surface area (Å²) in [6, 6.07) is -0.567. The maximum atomic E-state index is 11.3. The number of alkyl carbamates (subject to hydrolysis) is 1. The predicted molar refractivity (Wildman–Crippen MR) is 59.5 cm³/mol. The standard InChI is InChI=1S/C11H17NO5/c1-2-5-17-11(16)12-8-6-7(10(14)15)3-4-9(8)13/h2,7-9,13H,1,3-6H2,(H,12,16)(H,14,15). The van der Waals surface area contributed by atoms with Crippen LogP contribution in [0.3, 0.4) is 0 Å². The second kappa shape index (κ2) is 6.24. The fourth-order valence-corrected chi connectivity index (χ4v) is 1.86. The Morgan fingerprint density at radius 1 is 1.47 bits per heavy atom. The van der Waals surface area contributed by atoms with E-state index >= 15 is 0 Å². The highest BCUT2D eigenvalue weighted by atomic mass is 16.5. The van der Waals surface area contributed by atoms with Gasteiger partial charge in [-0.05, 0) is 19.3 Å². The van der Waals surface area contributed by atoms with Crippen molar-refractivity contribution in [3.05, 3.63) is 12.7 Å². The molecular formula is C11H17NO5. The minimum Gasteiger partial charge on any atom is -0.481 e. The Labute approximate surface area is 99.3 Å². The topological polar surface area (TPSA) is 95.9 Å². The van der Waals surface area contributed by atoms with Crippen LogP contribution >= 0.6 is 0 Å². The molecule has 0 aromatic heterocycles. The summed E-state index contributed by atoms with van der Waals surface area (Å²) in [6.07, 6.45) is 1.05. The molecule has 0 spiro atoms.